The standard InChI is InChI=1S/C19H25NO4/c1-19(2,3)24-18(22)20-9-4-5-15-11-13(6-7-16(15)20)14-8-10-23-17(21)12-14/h6-7,11,14H,4-5,8-10,12H2,1-3H3/t14-/m0/s1. The summed E-state index contributed by atoms with van der Waals surface area (Å²) in [6.07, 6.45) is 2.87. The Bertz CT molecular complexity index is 647. The number of hydrogen-bond acceptors (Lipinski definition) is 4. The van der Waals surface area contributed by atoms with Crippen LogP contribution in [0, 0.1) is 0 Å². The summed E-state index contributed by atoms with van der Waals surface area (Å²) in [4.78, 5) is 25.7. The van der Waals surface area contributed by atoms with Gasteiger partial charge in [0.05, 0.1) is 18.7 Å². The van der Waals surface area contributed by atoms with Gasteiger partial charge in [-0.15, -0.1) is 0 Å². The molecular weight excluding hydrogens is 306 g/mol. The van der Waals surface area contributed by atoms with Crippen molar-refractivity contribution < 1.29 is 19.1 Å². The zero-order valence-electron chi connectivity index (χ0n) is 14.6. The summed E-state index contributed by atoms with van der Waals surface area (Å²) in [5, 5.41) is 0. The lowest BCUT2D eigenvalue weighted by molar-refractivity contribution is -0.147. The van der Waals surface area contributed by atoms with Crippen LogP contribution in [-0.2, 0) is 20.7 Å². The van der Waals surface area contributed by atoms with Crippen LogP contribution in [-0.4, -0.2) is 30.8 Å². The zero-order chi connectivity index (χ0) is 17.3. The number of fused-ring (bicyclic) bond motifs is 1. The maximum Gasteiger partial charge on any atom is 0.414 e. The molecule has 0 N–H and O–H groups in total. The second kappa shape index (κ2) is 6.46. The van der Waals surface area contributed by atoms with E-state index in [1.54, 1.807) is 4.90 Å². The van der Waals surface area contributed by atoms with Gasteiger partial charge in [-0.05, 0) is 63.1 Å². The Morgan fingerprint density at radius 3 is 2.83 bits per heavy atom. The van der Waals surface area contributed by atoms with Gasteiger partial charge < -0.3 is 9.47 Å². The van der Waals surface area contributed by atoms with Crippen LogP contribution in [0.2, 0.25) is 0 Å². The highest BCUT2D eigenvalue weighted by Gasteiger charge is 2.29. The van der Waals surface area contributed by atoms with Crippen molar-refractivity contribution in [1.82, 2.24) is 0 Å². The Balaban J connectivity index is 1.82. The fraction of sp³-hybridized carbons (Fsp3) is 0.579. The van der Waals surface area contributed by atoms with Gasteiger partial charge in [-0.2, -0.15) is 0 Å². The minimum Gasteiger partial charge on any atom is -0.466 e. The van der Waals surface area contributed by atoms with Crippen LogP contribution in [0.3, 0.4) is 0 Å². The average molecular weight is 331 g/mol. The van der Waals surface area contributed by atoms with Crippen LogP contribution in [0.25, 0.3) is 0 Å². The SMILES string of the molecule is CC(C)(C)OC(=O)N1CCCc2cc([C@H]3CCOC(=O)C3)ccc21. The van der Waals surface area contributed by atoms with Crippen molar-refractivity contribution in [3.8, 4) is 0 Å². The summed E-state index contributed by atoms with van der Waals surface area (Å²) in [6.45, 7) is 6.80. The Hall–Kier alpha value is -2.04. The summed E-state index contributed by atoms with van der Waals surface area (Å²) in [6, 6.07) is 6.17. The molecule has 3 rings (SSSR count). The van der Waals surface area contributed by atoms with Gasteiger partial charge in [0, 0.05) is 6.54 Å². The molecule has 1 saturated heterocycles. The number of nitrogens with zero attached hydrogens (tertiary/aromatic N) is 1. The number of carbonyl (C=O) groups is 2. The van der Waals surface area contributed by atoms with Gasteiger partial charge in [-0.1, -0.05) is 12.1 Å². The second-order valence-electron chi connectivity index (χ2n) is 7.53. The first-order valence-electron chi connectivity index (χ1n) is 8.62. The molecule has 130 valence electrons. The first-order chi connectivity index (χ1) is 11.3. The van der Waals surface area contributed by atoms with Gasteiger partial charge in [-0.25, -0.2) is 4.79 Å². The molecule has 0 radical (unpaired) electrons. The van der Waals surface area contributed by atoms with Crippen molar-refractivity contribution in [3.05, 3.63) is 29.3 Å². The Kier molecular flexibility index (Phi) is 4.52. The molecule has 0 aromatic heterocycles. The van der Waals surface area contributed by atoms with Crippen LogP contribution in [0.1, 0.15) is 57.1 Å². The first-order valence-corrected chi connectivity index (χ1v) is 8.62. The number of amides is 1. The van der Waals surface area contributed by atoms with Gasteiger partial charge in [-0.3, -0.25) is 9.69 Å². The van der Waals surface area contributed by atoms with E-state index in [2.05, 4.69) is 6.07 Å². The highest BCUT2D eigenvalue weighted by atomic mass is 16.6. The largest absolute Gasteiger partial charge is 0.466 e. The number of anilines is 1. The molecule has 2 aliphatic rings. The third-order valence-electron chi connectivity index (χ3n) is 4.45. The van der Waals surface area contributed by atoms with Crippen LogP contribution >= 0.6 is 0 Å². The maximum absolute atomic E-state index is 12.4. The summed E-state index contributed by atoms with van der Waals surface area (Å²) in [7, 11) is 0. The third-order valence-corrected chi connectivity index (χ3v) is 4.45. The lowest BCUT2D eigenvalue weighted by atomic mass is 9.88. The number of hydrogen-bond donors (Lipinski definition) is 0. The number of ether oxygens (including phenoxy) is 2. The molecule has 2 heterocycles. The normalized spacial score (nSPS) is 21.0. The van der Waals surface area contributed by atoms with E-state index in [1.165, 1.54) is 0 Å². The first kappa shape index (κ1) is 16.8. The zero-order valence-corrected chi connectivity index (χ0v) is 14.6. The number of aryl methyl sites for hydroxylation is 1. The number of carbonyl (C=O) groups excluding carboxylic acids is 2. The van der Waals surface area contributed by atoms with E-state index in [0.717, 1.165) is 36.1 Å². The minimum absolute atomic E-state index is 0.126. The number of benzene rings is 1. The quantitative estimate of drug-likeness (QED) is 0.735. The molecular formula is C19H25NO4. The Morgan fingerprint density at radius 1 is 1.33 bits per heavy atom. The summed E-state index contributed by atoms with van der Waals surface area (Å²) < 4.78 is 10.5. The van der Waals surface area contributed by atoms with E-state index in [9.17, 15) is 9.59 Å². The van der Waals surface area contributed by atoms with E-state index in [-0.39, 0.29) is 18.0 Å². The van der Waals surface area contributed by atoms with E-state index >= 15 is 0 Å². The van der Waals surface area contributed by atoms with Crippen LogP contribution in [0.5, 0.6) is 0 Å². The highest BCUT2D eigenvalue weighted by Crippen LogP contribution is 2.34. The van der Waals surface area contributed by atoms with Gasteiger partial charge in [0.2, 0.25) is 0 Å². The second-order valence-corrected chi connectivity index (χ2v) is 7.53. The molecule has 5 nitrogen and oxygen atoms in total. The van der Waals surface area contributed by atoms with E-state index in [0.29, 0.717) is 19.6 Å². The lowest BCUT2D eigenvalue weighted by Gasteiger charge is -2.32. The number of cyclic esters (lactones) is 1. The Morgan fingerprint density at radius 2 is 2.12 bits per heavy atom. The van der Waals surface area contributed by atoms with Crippen LogP contribution < -0.4 is 4.90 Å². The van der Waals surface area contributed by atoms with Gasteiger partial charge in [0.25, 0.3) is 0 Å². The fourth-order valence-electron chi connectivity index (χ4n) is 3.34. The van der Waals surface area contributed by atoms with Gasteiger partial charge >= 0.3 is 12.1 Å². The van der Waals surface area contributed by atoms with E-state index in [4.69, 9.17) is 9.47 Å². The van der Waals surface area contributed by atoms with Crippen molar-refractivity contribution in [2.24, 2.45) is 0 Å². The van der Waals surface area contributed by atoms with Crippen molar-refractivity contribution >= 4 is 17.7 Å². The predicted molar refractivity (Wildman–Crippen MR) is 91.3 cm³/mol. The topological polar surface area (TPSA) is 55.8 Å². The molecule has 1 atom stereocenters. The molecule has 1 fully saturated rings. The van der Waals surface area contributed by atoms with Crippen molar-refractivity contribution in [2.45, 2.75) is 58.0 Å². The smallest absolute Gasteiger partial charge is 0.414 e. The van der Waals surface area contributed by atoms with E-state index in [1.807, 2.05) is 32.9 Å². The van der Waals surface area contributed by atoms with Crippen molar-refractivity contribution in [1.29, 1.82) is 0 Å². The van der Waals surface area contributed by atoms with Crippen molar-refractivity contribution in [3.63, 3.8) is 0 Å². The number of esters is 1. The third kappa shape index (κ3) is 3.71. The molecule has 0 spiro atoms. The summed E-state index contributed by atoms with van der Waals surface area (Å²) in [5.74, 6) is 0.0906. The van der Waals surface area contributed by atoms with Crippen LogP contribution in [0.4, 0.5) is 10.5 Å². The molecule has 0 saturated carbocycles. The van der Waals surface area contributed by atoms with E-state index < -0.39 is 5.60 Å². The minimum atomic E-state index is -0.503. The molecule has 0 aliphatic carbocycles. The van der Waals surface area contributed by atoms with Gasteiger partial charge in [0.1, 0.15) is 5.60 Å². The molecule has 2 aliphatic heterocycles. The Labute approximate surface area is 142 Å². The van der Waals surface area contributed by atoms with Crippen molar-refractivity contribution in [2.75, 3.05) is 18.1 Å². The predicted octanol–water partition coefficient (Wildman–Crippen LogP) is 3.79. The van der Waals surface area contributed by atoms with Gasteiger partial charge in [0.15, 0.2) is 0 Å². The average Bonchev–Trinajstić information content (AvgIpc) is 2.52. The summed E-state index contributed by atoms with van der Waals surface area (Å²) >= 11 is 0. The monoisotopic (exact) mass is 331 g/mol. The fourth-order valence-corrected chi connectivity index (χ4v) is 3.34. The molecule has 5 heteroatoms. The number of rotatable bonds is 1. The summed E-state index contributed by atoms with van der Waals surface area (Å²) in [5.41, 5.74) is 2.74. The molecule has 1 aromatic rings. The van der Waals surface area contributed by atoms with Crippen LogP contribution in [0.15, 0.2) is 18.2 Å². The molecule has 24 heavy (non-hydrogen) atoms. The highest BCUT2D eigenvalue weighted by molar-refractivity contribution is 5.89. The molecule has 1 amide bonds. The molecule has 0 unspecified atom stereocenters. The lowest BCUT2D eigenvalue weighted by Crippen LogP contribution is -2.39. The maximum atomic E-state index is 12.4. The molecule has 1 aromatic carbocycles. The molecule has 0 bridgehead atoms.